The summed E-state index contributed by atoms with van der Waals surface area (Å²) in [5.41, 5.74) is 6.05. The van der Waals surface area contributed by atoms with E-state index < -0.39 is 0 Å². The van der Waals surface area contributed by atoms with Crippen molar-refractivity contribution >= 4 is 0 Å². The minimum Gasteiger partial charge on any atom is -0.496 e. The van der Waals surface area contributed by atoms with Crippen LogP contribution in [0.5, 0.6) is 5.75 Å². The van der Waals surface area contributed by atoms with E-state index in [1.165, 1.54) is 17.2 Å². The monoisotopic (exact) mass is 269 g/mol. The molecule has 2 aromatic rings. The van der Waals surface area contributed by atoms with Crippen molar-refractivity contribution in [1.29, 1.82) is 0 Å². The van der Waals surface area contributed by atoms with Crippen molar-refractivity contribution in [3.63, 3.8) is 0 Å². The lowest BCUT2D eigenvalue weighted by Gasteiger charge is -2.35. The Labute approximate surface area is 117 Å². The second-order valence-corrected chi connectivity index (χ2v) is 5.48. The van der Waals surface area contributed by atoms with Gasteiger partial charge in [-0.15, -0.1) is 0 Å². The van der Waals surface area contributed by atoms with E-state index in [0.29, 0.717) is 0 Å². The molecule has 0 saturated heterocycles. The summed E-state index contributed by atoms with van der Waals surface area (Å²) in [5, 5.41) is 3.55. The fourth-order valence-corrected chi connectivity index (χ4v) is 3.56. The van der Waals surface area contributed by atoms with Crippen molar-refractivity contribution in [1.82, 2.24) is 5.32 Å². The SMILES string of the molecule is COc1ccc2c3c1-c1ccc(F)cc1CC3NCC2. The largest absolute Gasteiger partial charge is 0.496 e. The Balaban J connectivity index is 2.05. The van der Waals surface area contributed by atoms with Crippen molar-refractivity contribution in [2.45, 2.75) is 18.9 Å². The number of benzene rings is 2. The lowest BCUT2D eigenvalue weighted by Crippen LogP contribution is -2.33. The first-order chi connectivity index (χ1) is 9.78. The smallest absolute Gasteiger partial charge is 0.127 e. The zero-order chi connectivity index (χ0) is 13.7. The molecule has 0 aromatic heterocycles. The van der Waals surface area contributed by atoms with Crippen molar-refractivity contribution < 1.29 is 9.13 Å². The van der Waals surface area contributed by atoms with Crippen LogP contribution in [0.3, 0.4) is 0 Å². The summed E-state index contributed by atoms with van der Waals surface area (Å²) in [6.07, 6.45) is 1.89. The fourth-order valence-electron chi connectivity index (χ4n) is 3.56. The lowest BCUT2D eigenvalue weighted by molar-refractivity contribution is 0.411. The molecule has 0 saturated carbocycles. The number of halogens is 1. The van der Waals surface area contributed by atoms with Gasteiger partial charge in [-0.25, -0.2) is 4.39 Å². The first-order valence-corrected chi connectivity index (χ1v) is 7.00. The Morgan fingerprint density at radius 2 is 2.10 bits per heavy atom. The van der Waals surface area contributed by atoms with Gasteiger partial charge in [0, 0.05) is 11.6 Å². The molecule has 1 heterocycles. The van der Waals surface area contributed by atoms with Crippen molar-refractivity contribution in [3.8, 4) is 16.9 Å². The van der Waals surface area contributed by atoms with Crippen LogP contribution in [0.15, 0.2) is 30.3 Å². The number of hydrogen-bond donors (Lipinski definition) is 1. The average molecular weight is 269 g/mol. The molecule has 0 fully saturated rings. The molecule has 1 atom stereocenters. The Morgan fingerprint density at radius 1 is 1.20 bits per heavy atom. The molecule has 0 bridgehead atoms. The molecule has 3 heteroatoms. The Hall–Kier alpha value is -1.87. The molecular weight excluding hydrogens is 253 g/mol. The van der Waals surface area contributed by atoms with Gasteiger partial charge in [0.25, 0.3) is 0 Å². The van der Waals surface area contributed by atoms with Gasteiger partial charge in [0.1, 0.15) is 11.6 Å². The van der Waals surface area contributed by atoms with Crippen LogP contribution >= 0.6 is 0 Å². The number of fused-ring (bicyclic) bond motifs is 2. The van der Waals surface area contributed by atoms with E-state index in [1.807, 2.05) is 12.1 Å². The van der Waals surface area contributed by atoms with Crippen molar-refractivity contribution in [2.75, 3.05) is 13.7 Å². The molecule has 2 aromatic carbocycles. The summed E-state index contributed by atoms with van der Waals surface area (Å²) >= 11 is 0. The molecular formula is C17H16FNO. The topological polar surface area (TPSA) is 21.3 Å². The minimum atomic E-state index is -0.168. The van der Waals surface area contributed by atoms with Gasteiger partial charge in [-0.05, 0) is 59.8 Å². The van der Waals surface area contributed by atoms with Crippen LogP contribution in [0.4, 0.5) is 4.39 Å². The molecule has 1 aliphatic heterocycles. The highest BCUT2D eigenvalue weighted by Crippen LogP contribution is 2.46. The van der Waals surface area contributed by atoms with E-state index in [9.17, 15) is 4.39 Å². The van der Waals surface area contributed by atoms with Gasteiger partial charge >= 0.3 is 0 Å². The second kappa shape index (κ2) is 4.32. The van der Waals surface area contributed by atoms with Gasteiger partial charge in [0.2, 0.25) is 0 Å². The molecule has 1 N–H and O–H groups in total. The van der Waals surface area contributed by atoms with Crippen LogP contribution in [0, 0.1) is 5.82 Å². The summed E-state index contributed by atoms with van der Waals surface area (Å²) < 4.78 is 19.1. The zero-order valence-electron chi connectivity index (χ0n) is 11.4. The van der Waals surface area contributed by atoms with E-state index in [2.05, 4.69) is 11.4 Å². The third kappa shape index (κ3) is 1.59. The molecule has 1 aliphatic carbocycles. The van der Waals surface area contributed by atoms with Gasteiger partial charge in [0.05, 0.1) is 7.11 Å². The summed E-state index contributed by atoms with van der Waals surface area (Å²) in [7, 11) is 1.70. The standard InChI is InChI=1S/C17H16FNO/c1-20-15-5-2-10-6-7-19-14-9-11-8-12(18)3-4-13(11)17(15)16(10)14/h2-5,8,14,19H,6-7,9H2,1H3. The van der Waals surface area contributed by atoms with E-state index in [-0.39, 0.29) is 11.9 Å². The maximum atomic E-state index is 13.5. The Bertz CT molecular complexity index is 696. The molecule has 4 rings (SSSR count). The van der Waals surface area contributed by atoms with Crippen LogP contribution in [0.2, 0.25) is 0 Å². The predicted octanol–water partition coefficient (Wildman–Crippen LogP) is 3.24. The summed E-state index contributed by atoms with van der Waals surface area (Å²) in [6.45, 7) is 0.980. The van der Waals surface area contributed by atoms with E-state index in [4.69, 9.17) is 4.74 Å². The number of hydrogen-bond acceptors (Lipinski definition) is 2. The fraction of sp³-hybridized carbons (Fsp3) is 0.294. The summed E-state index contributed by atoms with van der Waals surface area (Å²) in [4.78, 5) is 0. The van der Waals surface area contributed by atoms with Crippen LogP contribution in [-0.4, -0.2) is 13.7 Å². The maximum absolute atomic E-state index is 13.5. The highest BCUT2D eigenvalue weighted by molar-refractivity contribution is 5.80. The molecule has 2 aliphatic rings. The third-order valence-electron chi connectivity index (χ3n) is 4.41. The summed E-state index contributed by atoms with van der Waals surface area (Å²) in [5.74, 6) is 0.711. The van der Waals surface area contributed by atoms with Gasteiger partial charge in [-0.2, -0.15) is 0 Å². The number of rotatable bonds is 1. The van der Waals surface area contributed by atoms with Gasteiger partial charge in [-0.1, -0.05) is 12.1 Å². The number of methoxy groups -OCH3 is 1. The van der Waals surface area contributed by atoms with Crippen molar-refractivity contribution in [2.24, 2.45) is 0 Å². The molecule has 0 spiro atoms. The molecule has 0 radical (unpaired) electrons. The van der Waals surface area contributed by atoms with E-state index in [1.54, 1.807) is 13.2 Å². The van der Waals surface area contributed by atoms with Crippen LogP contribution in [-0.2, 0) is 12.8 Å². The van der Waals surface area contributed by atoms with Crippen molar-refractivity contribution in [3.05, 3.63) is 52.8 Å². The molecule has 1 unspecified atom stereocenters. The third-order valence-corrected chi connectivity index (χ3v) is 4.41. The van der Waals surface area contributed by atoms with Crippen LogP contribution < -0.4 is 10.1 Å². The molecule has 102 valence electrons. The number of nitrogens with one attached hydrogen (secondary N) is 1. The van der Waals surface area contributed by atoms with E-state index >= 15 is 0 Å². The highest BCUT2D eigenvalue weighted by atomic mass is 19.1. The highest BCUT2D eigenvalue weighted by Gasteiger charge is 2.31. The van der Waals surface area contributed by atoms with E-state index in [0.717, 1.165) is 41.8 Å². The first-order valence-electron chi connectivity index (χ1n) is 7.00. The zero-order valence-corrected chi connectivity index (χ0v) is 11.4. The summed E-state index contributed by atoms with van der Waals surface area (Å²) in [6, 6.07) is 9.55. The van der Waals surface area contributed by atoms with Crippen LogP contribution in [0.1, 0.15) is 22.7 Å². The normalized spacial score (nSPS) is 19.2. The molecule has 2 nitrogen and oxygen atoms in total. The van der Waals surface area contributed by atoms with Gasteiger partial charge in [-0.3, -0.25) is 0 Å². The maximum Gasteiger partial charge on any atom is 0.127 e. The lowest BCUT2D eigenvalue weighted by atomic mass is 9.77. The Kier molecular flexibility index (Phi) is 2.57. The second-order valence-electron chi connectivity index (χ2n) is 5.48. The average Bonchev–Trinajstić information content (AvgIpc) is 2.47. The van der Waals surface area contributed by atoms with Gasteiger partial charge in [0.15, 0.2) is 0 Å². The first kappa shape index (κ1) is 11.9. The minimum absolute atomic E-state index is 0.168. The Morgan fingerprint density at radius 3 is 2.95 bits per heavy atom. The molecule has 20 heavy (non-hydrogen) atoms. The quantitative estimate of drug-likeness (QED) is 0.858. The number of ether oxygens (including phenoxy) is 1. The van der Waals surface area contributed by atoms with Gasteiger partial charge < -0.3 is 10.1 Å². The molecule has 0 amide bonds. The predicted molar refractivity (Wildman–Crippen MR) is 76.5 cm³/mol. The van der Waals surface area contributed by atoms with Crippen LogP contribution in [0.25, 0.3) is 11.1 Å².